The highest BCUT2D eigenvalue weighted by Crippen LogP contribution is 2.26. The number of nitrogens with one attached hydrogen (secondary N) is 1. The summed E-state index contributed by atoms with van der Waals surface area (Å²) in [6, 6.07) is 7.57. The quantitative estimate of drug-likeness (QED) is 0.794. The summed E-state index contributed by atoms with van der Waals surface area (Å²) in [5, 5.41) is 10.1. The van der Waals surface area contributed by atoms with Gasteiger partial charge in [0.25, 0.3) is 0 Å². The monoisotopic (exact) mass is 283 g/mol. The molecule has 0 amide bonds. The lowest BCUT2D eigenvalue weighted by atomic mass is 10.3. The molecule has 1 N–H and O–H groups in total. The number of hydrogen-bond donors (Lipinski definition) is 1. The van der Waals surface area contributed by atoms with Crippen molar-refractivity contribution in [3.05, 3.63) is 36.3 Å². The van der Waals surface area contributed by atoms with Gasteiger partial charge in [0.05, 0.1) is 30.5 Å². The Morgan fingerprint density at radius 1 is 1.30 bits per heavy atom. The highest BCUT2D eigenvalue weighted by molar-refractivity contribution is 7.99. The summed E-state index contributed by atoms with van der Waals surface area (Å²) in [7, 11) is 1.62. The summed E-state index contributed by atoms with van der Waals surface area (Å²) in [6.45, 7) is 0. The van der Waals surface area contributed by atoms with Crippen LogP contribution in [0.1, 0.15) is 5.69 Å². The number of fused-ring (bicyclic) bond motifs is 1. The second kappa shape index (κ2) is 5.19. The molecule has 0 fully saturated rings. The van der Waals surface area contributed by atoms with Crippen molar-refractivity contribution >= 4 is 22.8 Å². The second-order valence-electron chi connectivity index (χ2n) is 3.88. The topological polar surface area (TPSA) is 87.5 Å². The number of aromatic amines is 1. The Morgan fingerprint density at radius 2 is 2.20 bits per heavy atom. The molecule has 0 aliphatic carbocycles. The van der Waals surface area contributed by atoms with Crippen LogP contribution >= 0.6 is 11.8 Å². The predicted octanol–water partition coefficient (Wildman–Crippen LogP) is 2.38. The number of nitrogens with zero attached hydrogens (tertiary/aromatic N) is 4. The van der Waals surface area contributed by atoms with E-state index >= 15 is 0 Å². The number of methoxy groups -OCH3 is 1. The lowest BCUT2D eigenvalue weighted by Crippen LogP contribution is -1.87. The van der Waals surface area contributed by atoms with Crippen molar-refractivity contribution in [1.29, 1.82) is 5.26 Å². The molecule has 0 aliphatic rings. The first-order chi connectivity index (χ1) is 9.78. The summed E-state index contributed by atoms with van der Waals surface area (Å²) in [4.78, 5) is 15.7. The van der Waals surface area contributed by atoms with Crippen LogP contribution in [0.15, 0.2) is 40.8 Å². The van der Waals surface area contributed by atoms with Gasteiger partial charge in [0.15, 0.2) is 10.9 Å². The Labute approximate surface area is 118 Å². The predicted molar refractivity (Wildman–Crippen MR) is 73.5 cm³/mol. The van der Waals surface area contributed by atoms with E-state index in [4.69, 9.17) is 10.00 Å². The zero-order chi connectivity index (χ0) is 13.9. The Hall–Kier alpha value is -2.59. The first kappa shape index (κ1) is 12.4. The van der Waals surface area contributed by atoms with Crippen molar-refractivity contribution in [3.8, 4) is 11.8 Å². The molecule has 2 heterocycles. The number of benzene rings is 1. The molecule has 0 spiro atoms. The largest absolute Gasteiger partial charge is 0.497 e. The number of aromatic nitrogens is 4. The van der Waals surface area contributed by atoms with Gasteiger partial charge in [0.1, 0.15) is 16.8 Å². The van der Waals surface area contributed by atoms with E-state index in [2.05, 4.69) is 19.9 Å². The van der Waals surface area contributed by atoms with Crippen LogP contribution in [0.25, 0.3) is 11.0 Å². The summed E-state index contributed by atoms with van der Waals surface area (Å²) >= 11 is 1.36. The molecule has 0 atom stereocenters. The van der Waals surface area contributed by atoms with Crippen LogP contribution < -0.4 is 4.74 Å². The van der Waals surface area contributed by atoms with Crippen LogP contribution in [-0.2, 0) is 0 Å². The van der Waals surface area contributed by atoms with E-state index in [9.17, 15) is 0 Å². The molecule has 2 aromatic heterocycles. The van der Waals surface area contributed by atoms with Crippen molar-refractivity contribution in [3.63, 3.8) is 0 Å². The maximum Gasteiger partial charge on any atom is 0.172 e. The molecule has 0 saturated heterocycles. The zero-order valence-corrected chi connectivity index (χ0v) is 11.3. The van der Waals surface area contributed by atoms with Crippen molar-refractivity contribution in [2.45, 2.75) is 10.2 Å². The van der Waals surface area contributed by atoms with Gasteiger partial charge < -0.3 is 9.72 Å². The average Bonchev–Trinajstić information content (AvgIpc) is 2.89. The van der Waals surface area contributed by atoms with Crippen LogP contribution in [0.5, 0.6) is 5.75 Å². The lowest BCUT2D eigenvalue weighted by Gasteiger charge is -1.96. The number of hydrogen-bond acceptors (Lipinski definition) is 6. The highest BCUT2D eigenvalue weighted by Gasteiger charge is 2.07. The fourth-order valence-electron chi connectivity index (χ4n) is 1.67. The molecule has 0 aliphatic heterocycles. The van der Waals surface area contributed by atoms with Crippen LogP contribution in [0.4, 0.5) is 0 Å². The third kappa shape index (κ3) is 2.41. The molecule has 98 valence electrons. The van der Waals surface area contributed by atoms with Gasteiger partial charge in [-0.2, -0.15) is 5.26 Å². The summed E-state index contributed by atoms with van der Waals surface area (Å²) < 4.78 is 5.17. The molecule has 0 radical (unpaired) electrons. The van der Waals surface area contributed by atoms with Crippen LogP contribution in [0.3, 0.4) is 0 Å². The van der Waals surface area contributed by atoms with E-state index in [0.717, 1.165) is 16.8 Å². The Bertz CT molecular complexity index is 791. The smallest absolute Gasteiger partial charge is 0.172 e. The van der Waals surface area contributed by atoms with Gasteiger partial charge >= 0.3 is 0 Å². The minimum atomic E-state index is 0.295. The Kier molecular flexibility index (Phi) is 3.23. The SMILES string of the molecule is COc1ccc2nc(Sc3cnc(C#N)cn3)[nH]c2c1. The van der Waals surface area contributed by atoms with Crippen molar-refractivity contribution < 1.29 is 4.74 Å². The van der Waals surface area contributed by atoms with Crippen molar-refractivity contribution in [1.82, 2.24) is 19.9 Å². The number of rotatable bonds is 3. The van der Waals surface area contributed by atoms with Gasteiger partial charge in [-0.15, -0.1) is 0 Å². The summed E-state index contributed by atoms with van der Waals surface area (Å²) in [5.41, 5.74) is 2.05. The molecule has 7 heteroatoms. The first-order valence-electron chi connectivity index (χ1n) is 5.72. The fraction of sp³-hybridized carbons (Fsp3) is 0.0769. The maximum absolute atomic E-state index is 8.67. The number of H-pyrrole nitrogens is 1. The van der Waals surface area contributed by atoms with Gasteiger partial charge in [-0.25, -0.2) is 15.0 Å². The number of imidazole rings is 1. The van der Waals surface area contributed by atoms with E-state index in [1.807, 2.05) is 24.3 Å². The van der Waals surface area contributed by atoms with Gasteiger partial charge in [0, 0.05) is 6.07 Å². The van der Waals surface area contributed by atoms with Gasteiger partial charge in [0.2, 0.25) is 0 Å². The molecule has 3 aromatic rings. The maximum atomic E-state index is 8.67. The summed E-state index contributed by atoms with van der Waals surface area (Å²) in [6.07, 6.45) is 2.99. The number of ether oxygens (including phenoxy) is 1. The Morgan fingerprint density at radius 3 is 2.90 bits per heavy atom. The molecule has 0 unspecified atom stereocenters. The fourth-order valence-corrected chi connectivity index (χ4v) is 2.38. The van der Waals surface area contributed by atoms with Crippen LogP contribution in [0, 0.1) is 11.3 Å². The lowest BCUT2D eigenvalue weighted by molar-refractivity contribution is 0.415. The van der Waals surface area contributed by atoms with E-state index < -0.39 is 0 Å². The highest BCUT2D eigenvalue weighted by atomic mass is 32.2. The Balaban J connectivity index is 1.88. The molecule has 3 rings (SSSR count). The molecule has 6 nitrogen and oxygen atoms in total. The molecule has 0 bridgehead atoms. The van der Waals surface area contributed by atoms with Crippen molar-refractivity contribution in [2.75, 3.05) is 7.11 Å². The van der Waals surface area contributed by atoms with E-state index in [0.29, 0.717) is 15.9 Å². The van der Waals surface area contributed by atoms with Gasteiger partial charge in [-0.1, -0.05) is 0 Å². The number of nitriles is 1. The normalized spacial score (nSPS) is 10.4. The van der Waals surface area contributed by atoms with E-state index in [1.165, 1.54) is 18.0 Å². The first-order valence-corrected chi connectivity index (χ1v) is 6.54. The standard InChI is InChI=1S/C13H9N5OS/c1-19-9-2-3-10-11(4-9)18-13(17-10)20-12-7-15-8(5-14)6-16-12/h2-4,6-7H,1H3,(H,17,18). The zero-order valence-electron chi connectivity index (χ0n) is 10.5. The minimum Gasteiger partial charge on any atom is -0.497 e. The van der Waals surface area contributed by atoms with Crippen LogP contribution in [-0.4, -0.2) is 27.0 Å². The third-order valence-electron chi connectivity index (χ3n) is 2.61. The second-order valence-corrected chi connectivity index (χ2v) is 4.89. The van der Waals surface area contributed by atoms with E-state index in [-0.39, 0.29) is 0 Å². The molecule has 1 aromatic carbocycles. The van der Waals surface area contributed by atoms with Crippen molar-refractivity contribution in [2.24, 2.45) is 0 Å². The third-order valence-corrected chi connectivity index (χ3v) is 3.42. The molecular formula is C13H9N5OS. The summed E-state index contributed by atoms with van der Waals surface area (Å²) in [5.74, 6) is 0.774. The molecule has 20 heavy (non-hydrogen) atoms. The minimum absolute atomic E-state index is 0.295. The average molecular weight is 283 g/mol. The molecule has 0 saturated carbocycles. The van der Waals surface area contributed by atoms with E-state index in [1.54, 1.807) is 13.3 Å². The molecular weight excluding hydrogens is 274 g/mol. The van der Waals surface area contributed by atoms with Gasteiger partial charge in [-0.05, 0) is 23.9 Å². The van der Waals surface area contributed by atoms with Crippen LogP contribution in [0.2, 0.25) is 0 Å². The van der Waals surface area contributed by atoms with Gasteiger partial charge in [-0.3, -0.25) is 0 Å².